The first-order chi connectivity index (χ1) is 12.0. The topological polar surface area (TPSA) is 99.4 Å². The Labute approximate surface area is 144 Å². The summed E-state index contributed by atoms with van der Waals surface area (Å²) in [4.78, 5) is 23.6. The number of carboxylic acids is 1. The number of fused-ring (bicyclic) bond motifs is 3. The molecule has 1 aliphatic carbocycles. The molecule has 0 aliphatic heterocycles. The molecule has 2 N–H and O–H groups in total. The van der Waals surface area contributed by atoms with Gasteiger partial charge in [0.25, 0.3) is 0 Å². The number of hydrogen-bond acceptors (Lipinski definition) is 5. The van der Waals surface area contributed by atoms with Crippen molar-refractivity contribution >= 4 is 11.9 Å². The summed E-state index contributed by atoms with van der Waals surface area (Å²) in [6.07, 6.45) is 1.50. The first-order valence-corrected chi connectivity index (χ1v) is 7.74. The van der Waals surface area contributed by atoms with Crippen molar-refractivity contribution < 1.29 is 19.4 Å². The molecule has 0 heterocycles. The molecule has 1 aliphatic rings. The molecular formula is C19H16N2O4. The molecule has 0 fully saturated rings. The second-order valence-corrected chi connectivity index (χ2v) is 5.99. The van der Waals surface area contributed by atoms with Crippen LogP contribution in [-0.4, -0.2) is 29.2 Å². The number of hydrogen-bond donors (Lipinski definition) is 2. The summed E-state index contributed by atoms with van der Waals surface area (Å²) < 4.78 is 5.29. The number of nitrogens with zero attached hydrogens (tertiary/aromatic N) is 1. The number of nitriles is 1. The molecule has 0 unspecified atom stereocenters. The third kappa shape index (κ3) is 2.70. The first kappa shape index (κ1) is 16.5. The van der Waals surface area contributed by atoms with Crippen molar-refractivity contribution in [2.45, 2.75) is 18.4 Å². The molecule has 0 radical (unpaired) electrons. The highest BCUT2D eigenvalue weighted by molar-refractivity contribution is 6.03. The second-order valence-electron chi connectivity index (χ2n) is 5.99. The first-order valence-electron chi connectivity index (χ1n) is 7.74. The van der Waals surface area contributed by atoms with Crippen molar-refractivity contribution in [3.05, 3.63) is 59.7 Å². The van der Waals surface area contributed by atoms with E-state index >= 15 is 0 Å². The van der Waals surface area contributed by atoms with E-state index in [2.05, 4.69) is 0 Å². The molecule has 126 valence electrons. The highest BCUT2D eigenvalue weighted by atomic mass is 16.5. The van der Waals surface area contributed by atoms with Gasteiger partial charge >= 0.3 is 11.9 Å². The van der Waals surface area contributed by atoms with E-state index in [1.807, 2.05) is 53.8 Å². The van der Waals surface area contributed by atoms with E-state index in [9.17, 15) is 14.7 Å². The van der Waals surface area contributed by atoms with Crippen molar-refractivity contribution in [2.24, 2.45) is 0 Å². The molecule has 6 heteroatoms. The van der Waals surface area contributed by atoms with Gasteiger partial charge in [0.2, 0.25) is 5.54 Å². The number of rotatable bonds is 5. The van der Waals surface area contributed by atoms with Gasteiger partial charge in [0.05, 0.1) is 0 Å². The van der Waals surface area contributed by atoms with E-state index in [1.54, 1.807) is 0 Å². The van der Waals surface area contributed by atoms with Crippen LogP contribution in [0.5, 0.6) is 0 Å². The molecule has 2 aromatic rings. The number of benzene rings is 2. The van der Waals surface area contributed by atoms with Crippen molar-refractivity contribution in [1.29, 1.82) is 5.26 Å². The molecule has 25 heavy (non-hydrogen) atoms. The number of nitrogens with one attached hydrogen (secondary N) is 1. The fourth-order valence-electron chi connectivity index (χ4n) is 3.05. The third-order valence-corrected chi connectivity index (χ3v) is 4.49. The smallest absolute Gasteiger partial charge is 0.344 e. The van der Waals surface area contributed by atoms with Crippen LogP contribution in [0.4, 0.5) is 0 Å². The Hall–Kier alpha value is -3.33. The van der Waals surface area contributed by atoms with Gasteiger partial charge in [0.1, 0.15) is 6.61 Å². The van der Waals surface area contributed by atoms with Crippen molar-refractivity contribution in [2.75, 3.05) is 6.61 Å². The average molecular weight is 336 g/mol. The van der Waals surface area contributed by atoms with Crippen molar-refractivity contribution in [3.63, 3.8) is 0 Å². The van der Waals surface area contributed by atoms with Gasteiger partial charge in [-0.05, 0) is 29.2 Å². The highest BCUT2D eigenvalue weighted by Gasteiger charge is 2.44. The van der Waals surface area contributed by atoms with Crippen LogP contribution in [-0.2, 0) is 14.3 Å². The zero-order valence-corrected chi connectivity index (χ0v) is 13.5. The normalized spacial score (nSPS) is 14.6. The Morgan fingerprint density at radius 3 is 2.16 bits per heavy atom. The predicted molar refractivity (Wildman–Crippen MR) is 89.5 cm³/mol. The summed E-state index contributed by atoms with van der Waals surface area (Å²) in [5.74, 6) is -2.63. The molecule has 0 spiro atoms. The maximum absolute atomic E-state index is 12.3. The van der Waals surface area contributed by atoms with E-state index < -0.39 is 17.5 Å². The summed E-state index contributed by atoms with van der Waals surface area (Å²) in [6, 6.07) is 15.7. The standard InChI is InChI=1S/C19H16N2O4/c1-19(17(22)23,21-11-20)18(24)25-10-16-14-8-4-2-6-12(14)13-7-3-5-9-15(13)16/h2-9,16,21H,10H2,1H3,(H,22,23)/t19-/m0/s1. The minimum atomic E-state index is -2.10. The maximum Gasteiger partial charge on any atom is 0.344 e. The van der Waals surface area contributed by atoms with Crippen LogP contribution in [0, 0.1) is 11.5 Å². The number of carbonyl (C=O) groups excluding carboxylic acids is 1. The quantitative estimate of drug-likeness (QED) is 0.376. The minimum absolute atomic E-state index is 0.00282. The number of aliphatic carboxylic acids is 1. The van der Waals surface area contributed by atoms with Crippen LogP contribution in [0.2, 0.25) is 0 Å². The number of carboxylic acid groups (broad SMARTS) is 1. The van der Waals surface area contributed by atoms with Crippen LogP contribution >= 0.6 is 0 Å². The lowest BCUT2D eigenvalue weighted by Crippen LogP contribution is -2.55. The molecular weight excluding hydrogens is 320 g/mol. The monoisotopic (exact) mass is 336 g/mol. The molecule has 6 nitrogen and oxygen atoms in total. The molecule has 0 saturated heterocycles. The summed E-state index contributed by atoms with van der Waals surface area (Å²) in [6.45, 7) is 1.11. The fourth-order valence-corrected chi connectivity index (χ4v) is 3.05. The van der Waals surface area contributed by atoms with Gasteiger partial charge < -0.3 is 9.84 Å². The van der Waals surface area contributed by atoms with E-state index in [0.29, 0.717) is 0 Å². The third-order valence-electron chi connectivity index (χ3n) is 4.49. The predicted octanol–water partition coefficient (Wildman–Crippen LogP) is 2.26. The average Bonchev–Trinajstić information content (AvgIpc) is 2.93. The van der Waals surface area contributed by atoms with Gasteiger partial charge in [-0.3, -0.25) is 5.32 Å². The molecule has 3 rings (SSSR count). The zero-order valence-electron chi connectivity index (χ0n) is 13.5. The Morgan fingerprint density at radius 1 is 1.16 bits per heavy atom. The Balaban J connectivity index is 1.86. The Kier molecular flexibility index (Phi) is 4.15. The van der Waals surface area contributed by atoms with Gasteiger partial charge in [-0.1, -0.05) is 48.5 Å². The largest absolute Gasteiger partial charge is 0.479 e. The minimum Gasteiger partial charge on any atom is -0.479 e. The highest BCUT2D eigenvalue weighted by Crippen LogP contribution is 2.44. The Bertz CT molecular complexity index is 841. The molecule has 0 saturated carbocycles. The molecule has 0 bridgehead atoms. The van der Waals surface area contributed by atoms with Crippen LogP contribution in [0.3, 0.4) is 0 Å². The lowest BCUT2D eigenvalue weighted by molar-refractivity contribution is -0.161. The van der Waals surface area contributed by atoms with E-state index in [-0.39, 0.29) is 12.5 Å². The molecule has 0 amide bonds. The zero-order chi connectivity index (χ0) is 18.0. The number of ether oxygens (including phenoxy) is 1. The molecule has 0 aromatic heterocycles. The van der Waals surface area contributed by atoms with E-state index in [0.717, 1.165) is 29.2 Å². The maximum atomic E-state index is 12.3. The lowest BCUT2D eigenvalue weighted by Gasteiger charge is -2.22. The van der Waals surface area contributed by atoms with E-state index in [1.165, 1.54) is 6.19 Å². The second kappa shape index (κ2) is 6.29. The van der Waals surface area contributed by atoms with Crippen molar-refractivity contribution in [3.8, 4) is 17.3 Å². The summed E-state index contributed by atoms with van der Waals surface area (Å²) in [5.41, 5.74) is 2.11. The summed E-state index contributed by atoms with van der Waals surface area (Å²) in [5, 5.41) is 19.9. The van der Waals surface area contributed by atoms with Gasteiger partial charge in [-0.25, -0.2) is 9.59 Å². The number of carbonyl (C=O) groups is 2. The summed E-state index contributed by atoms with van der Waals surface area (Å²) in [7, 11) is 0. The van der Waals surface area contributed by atoms with Gasteiger partial charge in [0.15, 0.2) is 6.19 Å². The van der Waals surface area contributed by atoms with Gasteiger partial charge in [-0.15, -0.1) is 0 Å². The van der Waals surface area contributed by atoms with Crippen LogP contribution in [0.1, 0.15) is 24.0 Å². The fraction of sp³-hybridized carbons (Fsp3) is 0.211. The summed E-state index contributed by atoms with van der Waals surface area (Å²) >= 11 is 0. The van der Waals surface area contributed by atoms with Crippen LogP contribution < -0.4 is 5.32 Å². The number of esters is 1. The SMILES string of the molecule is C[C@](NC#N)(C(=O)O)C(=O)OCC1c2ccccc2-c2ccccc21. The Morgan fingerprint density at radius 2 is 1.68 bits per heavy atom. The van der Waals surface area contributed by atoms with Gasteiger partial charge in [0, 0.05) is 5.92 Å². The van der Waals surface area contributed by atoms with Crippen molar-refractivity contribution in [1.82, 2.24) is 5.32 Å². The van der Waals surface area contributed by atoms with Gasteiger partial charge in [-0.2, -0.15) is 5.26 Å². The molecule has 1 atom stereocenters. The van der Waals surface area contributed by atoms with E-state index in [4.69, 9.17) is 10.00 Å². The lowest BCUT2D eigenvalue weighted by atomic mass is 9.97. The van der Waals surface area contributed by atoms with Crippen LogP contribution in [0.15, 0.2) is 48.5 Å². The van der Waals surface area contributed by atoms with Crippen LogP contribution in [0.25, 0.3) is 11.1 Å². The molecule has 2 aromatic carbocycles.